The van der Waals surface area contributed by atoms with Gasteiger partial charge in [-0.15, -0.1) is 0 Å². The van der Waals surface area contributed by atoms with E-state index in [1.165, 1.54) is 30.3 Å². The summed E-state index contributed by atoms with van der Waals surface area (Å²) in [6, 6.07) is 7.71. The van der Waals surface area contributed by atoms with E-state index in [1.807, 2.05) is 0 Å². The van der Waals surface area contributed by atoms with E-state index >= 15 is 0 Å². The van der Waals surface area contributed by atoms with Gasteiger partial charge in [-0.05, 0) is 43.3 Å². The predicted molar refractivity (Wildman–Crippen MR) is 76.0 cm³/mol. The van der Waals surface area contributed by atoms with Crippen molar-refractivity contribution in [3.05, 3.63) is 69.4 Å². The molecule has 20 heavy (non-hydrogen) atoms. The van der Waals surface area contributed by atoms with Crippen LogP contribution in [-0.4, -0.2) is 7.05 Å². The van der Waals surface area contributed by atoms with E-state index in [0.717, 1.165) is 5.56 Å². The Morgan fingerprint density at radius 3 is 2.30 bits per heavy atom. The third-order valence-corrected chi connectivity index (χ3v) is 3.84. The van der Waals surface area contributed by atoms with Crippen LogP contribution in [0, 0.1) is 17.5 Å². The van der Waals surface area contributed by atoms with Crippen LogP contribution in [0.4, 0.5) is 13.2 Å². The summed E-state index contributed by atoms with van der Waals surface area (Å²) in [4.78, 5) is 0. The average molecular weight is 344 g/mol. The summed E-state index contributed by atoms with van der Waals surface area (Å²) in [6.45, 7) is 0. The lowest BCUT2D eigenvalue weighted by Crippen LogP contribution is -2.20. The van der Waals surface area contributed by atoms with Crippen molar-refractivity contribution in [2.24, 2.45) is 0 Å². The van der Waals surface area contributed by atoms with Crippen molar-refractivity contribution >= 4 is 15.9 Å². The largest absolute Gasteiger partial charge is 0.313 e. The van der Waals surface area contributed by atoms with Crippen LogP contribution in [-0.2, 0) is 6.42 Å². The van der Waals surface area contributed by atoms with E-state index in [2.05, 4.69) is 21.2 Å². The summed E-state index contributed by atoms with van der Waals surface area (Å²) in [5.41, 5.74) is 0.764. The molecule has 0 spiro atoms. The zero-order valence-electron chi connectivity index (χ0n) is 10.8. The molecule has 0 saturated carbocycles. The summed E-state index contributed by atoms with van der Waals surface area (Å²) < 4.78 is 41.0. The Morgan fingerprint density at radius 1 is 1.10 bits per heavy atom. The number of rotatable bonds is 4. The lowest BCUT2D eigenvalue weighted by Gasteiger charge is -2.19. The Morgan fingerprint density at radius 2 is 1.75 bits per heavy atom. The first kappa shape index (κ1) is 15.1. The fraction of sp³-hybridized carbons (Fsp3) is 0.200. The summed E-state index contributed by atoms with van der Waals surface area (Å²) in [6.07, 6.45) is 0.138. The lowest BCUT2D eigenvalue weighted by molar-refractivity contribution is 0.513. The van der Waals surface area contributed by atoms with Gasteiger partial charge in [0, 0.05) is 16.1 Å². The van der Waals surface area contributed by atoms with E-state index in [1.54, 1.807) is 13.1 Å². The minimum Gasteiger partial charge on any atom is -0.313 e. The number of halogens is 4. The fourth-order valence-electron chi connectivity index (χ4n) is 2.08. The molecule has 0 aliphatic rings. The number of likely N-dealkylation sites (N-methyl/N-ethyl adjacent to an activating group) is 1. The summed E-state index contributed by atoms with van der Waals surface area (Å²) in [5, 5.41) is 3.00. The van der Waals surface area contributed by atoms with Crippen LogP contribution < -0.4 is 5.32 Å². The van der Waals surface area contributed by atoms with Crippen molar-refractivity contribution in [1.29, 1.82) is 0 Å². The molecule has 0 aliphatic carbocycles. The molecule has 0 aromatic heterocycles. The van der Waals surface area contributed by atoms with Crippen molar-refractivity contribution in [3.8, 4) is 0 Å². The second-order valence-corrected chi connectivity index (χ2v) is 5.27. The zero-order valence-corrected chi connectivity index (χ0v) is 12.3. The van der Waals surface area contributed by atoms with Crippen LogP contribution in [0.25, 0.3) is 0 Å². The molecule has 106 valence electrons. The second kappa shape index (κ2) is 6.41. The highest BCUT2D eigenvalue weighted by Gasteiger charge is 2.18. The van der Waals surface area contributed by atoms with Crippen molar-refractivity contribution in [2.75, 3.05) is 7.05 Å². The van der Waals surface area contributed by atoms with Crippen LogP contribution >= 0.6 is 15.9 Å². The Hall–Kier alpha value is -1.33. The highest BCUT2D eigenvalue weighted by atomic mass is 79.9. The smallest absolute Gasteiger partial charge is 0.129 e. The van der Waals surface area contributed by atoms with Gasteiger partial charge in [-0.1, -0.05) is 28.1 Å². The van der Waals surface area contributed by atoms with Gasteiger partial charge in [0.2, 0.25) is 0 Å². The molecule has 0 radical (unpaired) electrons. The van der Waals surface area contributed by atoms with E-state index < -0.39 is 11.6 Å². The lowest BCUT2D eigenvalue weighted by atomic mass is 9.98. The van der Waals surface area contributed by atoms with Gasteiger partial charge in [-0.25, -0.2) is 13.2 Å². The molecule has 2 rings (SSSR count). The summed E-state index contributed by atoms with van der Waals surface area (Å²) >= 11 is 3.27. The van der Waals surface area contributed by atoms with Crippen LogP contribution in [0.15, 0.2) is 40.9 Å². The number of nitrogens with one attached hydrogen (secondary N) is 1. The van der Waals surface area contributed by atoms with Crippen LogP contribution in [0.5, 0.6) is 0 Å². The van der Waals surface area contributed by atoms with Gasteiger partial charge in [0.15, 0.2) is 0 Å². The minimum atomic E-state index is -0.580. The van der Waals surface area contributed by atoms with Crippen LogP contribution in [0.2, 0.25) is 0 Å². The monoisotopic (exact) mass is 343 g/mol. The molecule has 2 aromatic rings. The summed E-state index contributed by atoms with van der Waals surface area (Å²) in [5.74, 6) is -1.53. The molecule has 5 heteroatoms. The molecule has 0 fully saturated rings. The van der Waals surface area contributed by atoms with E-state index in [9.17, 15) is 13.2 Å². The number of hydrogen-bond donors (Lipinski definition) is 1. The van der Waals surface area contributed by atoms with Gasteiger partial charge in [0.05, 0.1) is 0 Å². The fourth-order valence-corrected chi connectivity index (χ4v) is 2.71. The van der Waals surface area contributed by atoms with Crippen LogP contribution in [0.1, 0.15) is 17.2 Å². The van der Waals surface area contributed by atoms with E-state index in [-0.39, 0.29) is 23.8 Å². The Balaban J connectivity index is 2.34. The predicted octanol–water partition coefficient (Wildman–Crippen LogP) is 4.37. The molecule has 1 atom stereocenters. The minimum absolute atomic E-state index is 0.0167. The van der Waals surface area contributed by atoms with Gasteiger partial charge in [-0.2, -0.15) is 0 Å². The first-order valence-corrected chi connectivity index (χ1v) is 6.87. The molecule has 2 aromatic carbocycles. The molecule has 0 saturated heterocycles. The van der Waals surface area contributed by atoms with E-state index in [4.69, 9.17) is 0 Å². The van der Waals surface area contributed by atoms with Crippen molar-refractivity contribution < 1.29 is 13.2 Å². The molecule has 1 unspecified atom stereocenters. The van der Waals surface area contributed by atoms with E-state index in [0.29, 0.717) is 4.47 Å². The number of benzene rings is 2. The highest BCUT2D eigenvalue weighted by molar-refractivity contribution is 9.10. The average Bonchev–Trinajstić information content (AvgIpc) is 2.40. The maximum absolute atomic E-state index is 13.7. The maximum Gasteiger partial charge on any atom is 0.129 e. The normalized spacial score (nSPS) is 12.4. The Kier molecular flexibility index (Phi) is 4.83. The first-order valence-electron chi connectivity index (χ1n) is 6.08. The van der Waals surface area contributed by atoms with Gasteiger partial charge >= 0.3 is 0 Å². The Labute approximate surface area is 123 Å². The third-order valence-electron chi connectivity index (χ3n) is 3.16. The summed E-state index contributed by atoms with van der Waals surface area (Å²) in [7, 11) is 1.69. The molecule has 0 amide bonds. The quantitative estimate of drug-likeness (QED) is 0.869. The Bertz CT molecular complexity index is 596. The van der Waals surface area contributed by atoms with Gasteiger partial charge in [-0.3, -0.25) is 0 Å². The van der Waals surface area contributed by atoms with Crippen molar-refractivity contribution in [1.82, 2.24) is 5.32 Å². The topological polar surface area (TPSA) is 12.0 Å². The first-order chi connectivity index (χ1) is 9.52. The molecule has 0 heterocycles. The molecule has 1 nitrogen and oxygen atoms in total. The molecule has 0 aliphatic heterocycles. The molecular weight excluding hydrogens is 331 g/mol. The second-order valence-electron chi connectivity index (χ2n) is 4.41. The highest BCUT2D eigenvalue weighted by Crippen LogP contribution is 2.28. The van der Waals surface area contributed by atoms with Gasteiger partial charge < -0.3 is 5.32 Å². The molecular formula is C15H13BrF3N. The number of hydrogen-bond acceptors (Lipinski definition) is 1. The third kappa shape index (κ3) is 3.22. The SMILES string of the molecule is CNC(Cc1c(F)cccc1F)c1ccc(F)cc1Br. The standard InChI is InChI=1S/C15H13BrF3N/c1-20-15(10-6-5-9(17)7-12(10)16)8-11-13(18)3-2-4-14(11)19/h2-7,15,20H,8H2,1H3. The van der Waals surface area contributed by atoms with Gasteiger partial charge in [0.1, 0.15) is 17.5 Å². The molecule has 1 N–H and O–H groups in total. The van der Waals surface area contributed by atoms with Crippen molar-refractivity contribution in [3.63, 3.8) is 0 Å². The van der Waals surface area contributed by atoms with Gasteiger partial charge in [0.25, 0.3) is 0 Å². The maximum atomic E-state index is 13.7. The van der Waals surface area contributed by atoms with Crippen molar-refractivity contribution in [2.45, 2.75) is 12.5 Å². The molecule has 0 bridgehead atoms. The zero-order chi connectivity index (χ0) is 14.7. The van der Waals surface area contributed by atoms with Crippen LogP contribution in [0.3, 0.4) is 0 Å².